The van der Waals surface area contributed by atoms with Gasteiger partial charge in [0.05, 0.1) is 48.2 Å². The second-order valence-electron chi connectivity index (χ2n) is 13.2. The Balaban J connectivity index is 0.000000176. The zero-order chi connectivity index (χ0) is 39.3. The van der Waals surface area contributed by atoms with Crippen LogP contribution in [0.15, 0.2) is 125 Å². The number of aromatic nitrogens is 4. The summed E-state index contributed by atoms with van der Waals surface area (Å²) in [4.78, 5) is 65.7. The number of hydrogen-bond donors (Lipinski definition) is 0. The third-order valence-corrected chi connectivity index (χ3v) is 9.37. The SMILES string of the molecule is CON(C)C(=O)c1cn(Cc2cccc(C)n2)c2ccccc2c1=O.Cc1cccc(Cn2cc(C(=O)c3ccc4c(c3)OCCO4)c(=O)c3ccccc32)n1. The molecule has 1 aliphatic rings. The Morgan fingerprint density at radius 2 is 1.20 bits per heavy atom. The van der Waals surface area contributed by atoms with E-state index in [4.69, 9.17) is 14.3 Å². The van der Waals surface area contributed by atoms with Crippen molar-refractivity contribution in [2.75, 3.05) is 27.4 Å². The number of benzene rings is 3. The summed E-state index contributed by atoms with van der Waals surface area (Å²) < 4.78 is 14.9. The van der Waals surface area contributed by atoms with Crippen LogP contribution in [0.3, 0.4) is 0 Å². The van der Waals surface area contributed by atoms with Crippen molar-refractivity contribution in [1.29, 1.82) is 0 Å². The van der Waals surface area contributed by atoms with Crippen molar-refractivity contribution in [3.05, 3.63) is 175 Å². The zero-order valence-corrected chi connectivity index (χ0v) is 31.4. The molecule has 12 heteroatoms. The van der Waals surface area contributed by atoms with Crippen LogP contribution in [-0.2, 0) is 17.9 Å². The molecule has 1 amide bonds. The molecule has 0 saturated heterocycles. The second-order valence-corrected chi connectivity index (χ2v) is 13.2. The molecule has 0 unspecified atom stereocenters. The van der Waals surface area contributed by atoms with Gasteiger partial charge in [0.2, 0.25) is 10.9 Å². The Bertz CT molecular complexity index is 2740. The van der Waals surface area contributed by atoms with Crippen molar-refractivity contribution in [1.82, 2.24) is 24.2 Å². The summed E-state index contributed by atoms with van der Waals surface area (Å²) in [6, 6.07) is 31.2. The van der Waals surface area contributed by atoms with Gasteiger partial charge in [-0.05, 0) is 80.6 Å². The Kier molecular flexibility index (Phi) is 10.8. The van der Waals surface area contributed by atoms with Crippen LogP contribution in [0, 0.1) is 13.8 Å². The van der Waals surface area contributed by atoms with Crippen molar-refractivity contribution in [2.24, 2.45) is 0 Å². The molecular weight excluding hydrogens is 711 g/mol. The van der Waals surface area contributed by atoms with Gasteiger partial charge < -0.3 is 18.6 Å². The molecule has 0 spiro atoms. The van der Waals surface area contributed by atoms with Crippen molar-refractivity contribution >= 4 is 33.5 Å². The minimum atomic E-state index is -0.482. The standard InChI is InChI=1S/C25H20N2O4.C19H19N3O3/c1-16-5-4-6-18(26-16)14-27-15-20(25(29)19-7-2-3-8-21(19)27)24(28)17-9-10-22-23(13-17)31-12-11-30-22;1-13-7-6-8-14(20-13)11-22-12-16(19(24)21(2)25-3)18(23)15-9-4-5-10-17(15)22/h2-10,13,15H,11-12,14H2,1H3;4-10,12H,11H2,1-3H3. The van der Waals surface area contributed by atoms with E-state index in [9.17, 15) is 19.2 Å². The number of hydrogen-bond acceptors (Lipinski definition) is 9. The average Bonchev–Trinajstić information content (AvgIpc) is 3.22. The van der Waals surface area contributed by atoms with Crippen LogP contribution in [0.4, 0.5) is 0 Å². The van der Waals surface area contributed by atoms with Crippen molar-refractivity contribution in [3.63, 3.8) is 0 Å². The van der Waals surface area contributed by atoms with Gasteiger partial charge in [-0.3, -0.25) is 34.0 Å². The molecule has 0 atom stereocenters. The lowest BCUT2D eigenvalue weighted by Gasteiger charge is -2.18. The lowest BCUT2D eigenvalue weighted by molar-refractivity contribution is -0.0758. The number of amides is 1. The van der Waals surface area contributed by atoms with Crippen LogP contribution in [0.2, 0.25) is 0 Å². The first-order valence-corrected chi connectivity index (χ1v) is 18.0. The molecule has 12 nitrogen and oxygen atoms in total. The molecule has 0 saturated carbocycles. The highest BCUT2D eigenvalue weighted by atomic mass is 16.7. The number of carbonyl (C=O) groups is 2. The van der Waals surface area contributed by atoms with Crippen LogP contribution >= 0.6 is 0 Å². The number of ketones is 1. The summed E-state index contributed by atoms with van der Waals surface area (Å²) in [5.74, 6) is 0.286. The van der Waals surface area contributed by atoms with E-state index < -0.39 is 5.91 Å². The molecule has 4 aromatic heterocycles. The molecule has 0 N–H and O–H groups in total. The van der Waals surface area contributed by atoms with E-state index in [2.05, 4.69) is 9.97 Å². The first-order chi connectivity index (χ1) is 27.1. The lowest BCUT2D eigenvalue weighted by Crippen LogP contribution is -2.31. The van der Waals surface area contributed by atoms with Gasteiger partial charge in [-0.15, -0.1) is 0 Å². The molecule has 8 rings (SSSR count). The Morgan fingerprint density at radius 1 is 0.679 bits per heavy atom. The molecule has 56 heavy (non-hydrogen) atoms. The monoisotopic (exact) mass is 749 g/mol. The molecule has 0 radical (unpaired) electrons. The van der Waals surface area contributed by atoms with Gasteiger partial charge in [0.15, 0.2) is 17.3 Å². The Labute approximate surface area is 322 Å². The minimum Gasteiger partial charge on any atom is -0.486 e. The summed E-state index contributed by atoms with van der Waals surface area (Å²) >= 11 is 0. The van der Waals surface area contributed by atoms with Crippen molar-refractivity contribution in [3.8, 4) is 11.5 Å². The third-order valence-electron chi connectivity index (χ3n) is 9.37. The predicted molar refractivity (Wildman–Crippen MR) is 213 cm³/mol. The molecule has 0 fully saturated rings. The van der Waals surface area contributed by atoms with Gasteiger partial charge in [0.1, 0.15) is 18.8 Å². The number of ether oxygens (including phenoxy) is 2. The first kappa shape index (κ1) is 37.4. The van der Waals surface area contributed by atoms with Gasteiger partial charge in [-0.2, -0.15) is 0 Å². The van der Waals surface area contributed by atoms with Gasteiger partial charge in [-0.25, -0.2) is 5.06 Å². The zero-order valence-electron chi connectivity index (χ0n) is 31.4. The molecule has 7 aromatic rings. The lowest BCUT2D eigenvalue weighted by atomic mass is 10.0. The summed E-state index contributed by atoms with van der Waals surface area (Å²) in [5, 5.41) is 2.03. The van der Waals surface area contributed by atoms with Crippen molar-refractivity contribution in [2.45, 2.75) is 26.9 Å². The maximum atomic E-state index is 13.3. The van der Waals surface area contributed by atoms with E-state index >= 15 is 0 Å². The highest BCUT2D eigenvalue weighted by Gasteiger charge is 2.21. The van der Waals surface area contributed by atoms with Gasteiger partial charge in [0, 0.05) is 47.2 Å². The molecule has 5 heterocycles. The number of aryl methyl sites for hydroxylation is 2. The number of carbonyl (C=O) groups excluding carboxylic acids is 2. The summed E-state index contributed by atoms with van der Waals surface area (Å²) in [5.41, 5.74) is 5.02. The number of pyridine rings is 4. The van der Waals surface area contributed by atoms with E-state index in [-0.39, 0.29) is 27.8 Å². The van der Waals surface area contributed by atoms with Gasteiger partial charge in [-0.1, -0.05) is 36.4 Å². The van der Waals surface area contributed by atoms with E-state index in [0.29, 0.717) is 54.1 Å². The van der Waals surface area contributed by atoms with Gasteiger partial charge >= 0.3 is 0 Å². The third kappa shape index (κ3) is 7.82. The predicted octanol–water partition coefficient (Wildman–Crippen LogP) is 6.14. The normalized spacial score (nSPS) is 11.9. The number of rotatable bonds is 8. The quantitative estimate of drug-likeness (QED) is 0.133. The number of fused-ring (bicyclic) bond motifs is 3. The van der Waals surface area contributed by atoms with E-state index in [1.807, 2.05) is 83.6 Å². The smallest absolute Gasteiger partial charge is 0.282 e. The Morgan fingerprint density at radius 3 is 1.75 bits per heavy atom. The fourth-order valence-corrected chi connectivity index (χ4v) is 6.58. The molecule has 282 valence electrons. The van der Waals surface area contributed by atoms with E-state index in [0.717, 1.165) is 38.9 Å². The molecule has 3 aromatic carbocycles. The first-order valence-electron chi connectivity index (χ1n) is 18.0. The van der Waals surface area contributed by atoms with Crippen LogP contribution < -0.4 is 20.3 Å². The van der Waals surface area contributed by atoms with Crippen LogP contribution in [-0.4, -0.2) is 63.2 Å². The maximum Gasteiger partial charge on any atom is 0.282 e. The fraction of sp³-hybridized carbons (Fsp3) is 0.182. The minimum absolute atomic E-state index is 0.0655. The second kappa shape index (κ2) is 16.2. The van der Waals surface area contributed by atoms with Crippen LogP contribution in [0.1, 0.15) is 49.1 Å². The number of nitrogens with zero attached hydrogens (tertiary/aromatic N) is 5. The van der Waals surface area contributed by atoms with E-state index in [1.54, 1.807) is 54.9 Å². The summed E-state index contributed by atoms with van der Waals surface area (Å²) in [6.07, 6.45) is 3.21. The average molecular weight is 750 g/mol. The molecule has 1 aliphatic heterocycles. The number of hydroxylamine groups is 2. The number of para-hydroxylation sites is 2. The topological polar surface area (TPSA) is 135 Å². The largest absolute Gasteiger partial charge is 0.486 e. The Hall–Kier alpha value is -6.92. The molecule has 0 bridgehead atoms. The summed E-state index contributed by atoms with van der Waals surface area (Å²) in [7, 11) is 2.86. The van der Waals surface area contributed by atoms with Gasteiger partial charge in [0.25, 0.3) is 5.91 Å². The highest BCUT2D eigenvalue weighted by Crippen LogP contribution is 2.31. The van der Waals surface area contributed by atoms with Crippen molar-refractivity contribution < 1.29 is 23.9 Å². The molecule has 0 aliphatic carbocycles. The summed E-state index contributed by atoms with van der Waals surface area (Å²) in [6.45, 7) is 5.67. The molecular formula is C44H39N5O7. The van der Waals surface area contributed by atoms with Crippen LogP contribution in [0.25, 0.3) is 21.8 Å². The fourth-order valence-electron chi connectivity index (χ4n) is 6.58. The van der Waals surface area contributed by atoms with Crippen LogP contribution in [0.5, 0.6) is 11.5 Å². The maximum absolute atomic E-state index is 13.3. The highest BCUT2D eigenvalue weighted by molar-refractivity contribution is 6.10. The van der Waals surface area contributed by atoms with E-state index in [1.165, 1.54) is 14.2 Å².